The third kappa shape index (κ3) is 6.26. The van der Waals surface area contributed by atoms with E-state index >= 15 is 0 Å². The predicted octanol–water partition coefficient (Wildman–Crippen LogP) is 7.48. The van der Waals surface area contributed by atoms with Crippen molar-refractivity contribution in [1.29, 1.82) is 10.5 Å². The molecule has 3 nitrogen and oxygen atoms in total. The summed E-state index contributed by atoms with van der Waals surface area (Å²) in [5, 5.41) is 24.0. The van der Waals surface area contributed by atoms with E-state index in [1.807, 2.05) is 48.5 Å². The van der Waals surface area contributed by atoms with Gasteiger partial charge in [0, 0.05) is 23.0 Å². The molecule has 3 aromatic carbocycles. The molecular weight excluding hydrogens is 461 g/mol. The van der Waals surface area contributed by atoms with Crippen molar-refractivity contribution in [2.24, 2.45) is 0 Å². The lowest BCUT2D eigenvalue weighted by Crippen LogP contribution is -2.36. The molecule has 0 aliphatic heterocycles. The summed E-state index contributed by atoms with van der Waals surface area (Å²) in [4.78, 5) is 0. The van der Waals surface area contributed by atoms with Gasteiger partial charge in [-0.1, -0.05) is 65.1 Å². The summed E-state index contributed by atoms with van der Waals surface area (Å²) in [6.45, 7) is 2.10. The molecule has 0 spiro atoms. The Morgan fingerprint density at radius 1 is 0.875 bits per heavy atom. The average Bonchev–Trinajstić information content (AvgIpc) is 2.80. The topological polar surface area (TPSA) is 59.6 Å². The number of hydrogen-bond donors (Lipinski definition) is 1. The van der Waals surface area contributed by atoms with Gasteiger partial charge in [0.2, 0.25) is 0 Å². The predicted molar refractivity (Wildman–Crippen MR) is 131 cm³/mol. The molecule has 0 saturated carbocycles. The molecule has 32 heavy (non-hydrogen) atoms. The molecule has 6 heteroatoms. The molecule has 0 saturated heterocycles. The quantitative estimate of drug-likeness (QED) is 0.362. The number of benzene rings is 3. The second kappa shape index (κ2) is 11.4. The summed E-state index contributed by atoms with van der Waals surface area (Å²) in [6, 6.07) is 25.2. The van der Waals surface area contributed by atoms with Crippen LogP contribution in [0.5, 0.6) is 0 Å². The molecule has 0 amide bonds. The number of halogens is 3. The van der Waals surface area contributed by atoms with Crippen LogP contribution in [-0.4, -0.2) is 6.04 Å². The lowest BCUT2D eigenvalue weighted by Gasteiger charge is -2.30. The summed E-state index contributed by atoms with van der Waals surface area (Å²) < 4.78 is 0. The van der Waals surface area contributed by atoms with E-state index in [0.29, 0.717) is 20.6 Å². The molecule has 3 atom stereocenters. The Morgan fingerprint density at radius 3 is 2.28 bits per heavy atom. The fraction of sp³-hybridized carbons (Fsp3) is 0.231. The zero-order valence-electron chi connectivity index (χ0n) is 17.5. The van der Waals surface area contributed by atoms with Crippen LogP contribution in [0.3, 0.4) is 0 Å². The van der Waals surface area contributed by atoms with Gasteiger partial charge in [0.1, 0.15) is 0 Å². The number of nitrogens with zero attached hydrogens (tertiary/aromatic N) is 2. The Hall–Kier alpha value is -2.53. The Morgan fingerprint density at radius 2 is 1.62 bits per heavy atom. The minimum atomic E-state index is -0.211. The van der Waals surface area contributed by atoms with E-state index in [0.717, 1.165) is 23.1 Å². The van der Waals surface area contributed by atoms with Crippen molar-refractivity contribution in [1.82, 2.24) is 5.32 Å². The lowest BCUT2D eigenvalue weighted by molar-refractivity contribution is 0.401. The molecule has 0 aliphatic carbocycles. The summed E-state index contributed by atoms with van der Waals surface area (Å²) in [6.07, 6.45) is 1.04. The van der Waals surface area contributed by atoms with E-state index in [1.54, 1.807) is 18.2 Å². The zero-order chi connectivity index (χ0) is 23.1. The highest BCUT2D eigenvalue weighted by molar-refractivity contribution is 6.42. The molecule has 0 fully saturated rings. The van der Waals surface area contributed by atoms with Crippen LogP contribution in [-0.2, 0) is 6.42 Å². The van der Waals surface area contributed by atoms with Crippen molar-refractivity contribution in [2.75, 3.05) is 0 Å². The van der Waals surface area contributed by atoms with Crippen LogP contribution in [0.25, 0.3) is 0 Å². The highest BCUT2D eigenvalue weighted by Gasteiger charge is 2.24. The minimum Gasteiger partial charge on any atom is -0.306 e. The van der Waals surface area contributed by atoms with E-state index in [9.17, 15) is 10.5 Å². The minimum absolute atomic E-state index is 0.00701. The maximum Gasteiger partial charge on any atom is 0.0991 e. The van der Waals surface area contributed by atoms with E-state index in [-0.39, 0.29) is 24.4 Å². The first-order chi connectivity index (χ1) is 15.4. The van der Waals surface area contributed by atoms with Gasteiger partial charge < -0.3 is 5.32 Å². The van der Waals surface area contributed by atoms with Gasteiger partial charge in [-0.05, 0) is 66.4 Å². The van der Waals surface area contributed by atoms with E-state index in [2.05, 4.69) is 24.4 Å². The van der Waals surface area contributed by atoms with Gasteiger partial charge in [-0.2, -0.15) is 10.5 Å². The number of rotatable bonds is 8. The number of hydrogen-bond acceptors (Lipinski definition) is 3. The molecule has 3 rings (SSSR count). The molecular formula is C26H22Cl3N3. The number of nitriles is 2. The first kappa shape index (κ1) is 24.1. The number of nitrogens with one attached hydrogen (secondary N) is 1. The van der Waals surface area contributed by atoms with Crippen LogP contribution >= 0.6 is 34.8 Å². The third-order valence-electron chi connectivity index (χ3n) is 5.52. The van der Waals surface area contributed by atoms with Gasteiger partial charge in [0.15, 0.2) is 0 Å². The SMILES string of the molecule is CC(NC(CC#N)c1ccc(Cl)c(Cl)c1)C(Cc1ccc(Cl)cc1)c1cccc(C#N)c1. The van der Waals surface area contributed by atoms with Gasteiger partial charge >= 0.3 is 0 Å². The van der Waals surface area contributed by atoms with Crippen LogP contribution < -0.4 is 5.32 Å². The second-order valence-electron chi connectivity index (χ2n) is 7.72. The maximum absolute atomic E-state index is 9.42. The summed E-state index contributed by atoms with van der Waals surface area (Å²) >= 11 is 18.4. The first-order valence-electron chi connectivity index (χ1n) is 10.2. The Kier molecular flexibility index (Phi) is 8.57. The van der Waals surface area contributed by atoms with E-state index in [1.165, 1.54) is 0 Å². The van der Waals surface area contributed by atoms with Crippen LogP contribution in [0.15, 0.2) is 66.7 Å². The molecule has 162 valence electrons. The Balaban J connectivity index is 1.92. The fourth-order valence-electron chi connectivity index (χ4n) is 3.82. The van der Waals surface area contributed by atoms with Gasteiger partial charge in [-0.3, -0.25) is 0 Å². The van der Waals surface area contributed by atoms with Crippen LogP contribution in [0, 0.1) is 22.7 Å². The first-order valence-corrected chi connectivity index (χ1v) is 11.4. The Labute approximate surface area is 204 Å². The summed E-state index contributed by atoms with van der Waals surface area (Å²) in [5.41, 5.74) is 3.73. The molecule has 3 unspecified atom stereocenters. The van der Waals surface area contributed by atoms with E-state index < -0.39 is 0 Å². The average molecular weight is 483 g/mol. The summed E-state index contributed by atoms with van der Waals surface area (Å²) in [7, 11) is 0. The largest absolute Gasteiger partial charge is 0.306 e. The molecule has 0 radical (unpaired) electrons. The van der Waals surface area contributed by atoms with E-state index in [4.69, 9.17) is 34.8 Å². The van der Waals surface area contributed by atoms with Crippen molar-refractivity contribution in [3.05, 3.63) is 104 Å². The summed E-state index contributed by atoms with van der Waals surface area (Å²) in [5.74, 6) is 0.0634. The zero-order valence-corrected chi connectivity index (χ0v) is 19.8. The molecule has 3 aromatic rings. The fourth-order valence-corrected chi connectivity index (χ4v) is 4.26. The van der Waals surface area contributed by atoms with Crippen LogP contribution in [0.1, 0.15) is 47.6 Å². The third-order valence-corrected chi connectivity index (χ3v) is 6.51. The lowest BCUT2D eigenvalue weighted by atomic mass is 9.85. The van der Waals surface area contributed by atoms with Crippen molar-refractivity contribution in [3.63, 3.8) is 0 Å². The van der Waals surface area contributed by atoms with Crippen LogP contribution in [0.2, 0.25) is 15.1 Å². The normalized spacial score (nSPS) is 13.6. The molecule has 0 aromatic heterocycles. The highest BCUT2D eigenvalue weighted by atomic mass is 35.5. The van der Waals surface area contributed by atoms with Crippen LogP contribution in [0.4, 0.5) is 0 Å². The van der Waals surface area contributed by atoms with Crippen molar-refractivity contribution < 1.29 is 0 Å². The van der Waals surface area contributed by atoms with Gasteiger partial charge in [0.25, 0.3) is 0 Å². The molecule has 0 heterocycles. The van der Waals surface area contributed by atoms with Crippen molar-refractivity contribution in [2.45, 2.75) is 37.8 Å². The van der Waals surface area contributed by atoms with Crippen molar-refractivity contribution in [3.8, 4) is 12.1 Å². The van der Waals surface area contributed by atoms with Gasteiger partial charge in [-0.25, -0.2) is 0 Å². The molecule has 1 N–H and O–H groups in total. The van der Waals surface area contributed by atoms with Gasteiger partial charge in [-0.15, -0.1) is 0 Å². The molecule has 0 aliphatic rings. The monoisotopic (exact) mass is 481 g/mol. The standard InChI is InChI=1S/C26H22Cl3N3/c1-17(32-26(11-12-30)21-7-10-24(28)25(29)15-21)23(14-18-5-8-22(27)9-6-18)20-4-2-3-19(13-20)16-31/h2-10,13,15,17,23,26,32H,11,14H2,1H3. The second-order valence-corrected chi connectivity index (χ2v) is 8.97. The smallest absolute Gasteiger partial charge is 0.0991 e. The Bertz CT molecular complexity index is 1150. The van der Waals surface area contributed by atoms with Gasteiger partial charge in [0.05, 0.1) is 34.2 Å². The highest BCUT2D eigenvalue weighted by Crippen LogP contribution is 2.31. The maximum atomic E-state index is 9.42. The van der Waals surface area contributed by atoms with Crippen molar-refractivity contribution >= 4 is 34.8 Å². The molecule has 0 bridgehead atoms.